The Hall–Kier alpha value is -2.96. The summed E-state index contributed by atoms with van der Waals surface area (Å²) in [7, 11) is 0. The van der Waals surface area contributed by atoms with Gasteiger partial charge in [0, 0.05) is 36.6 Å². The third-order valence-electron chi connectivity index (χ3n) is 2.86. The quantitative estimate of drug-likeness (QED) is 0.624. The summed E-state index contributed by atoms with van der Waals surface area (Å²) in [6, 6.07) is 9.54. The second-order valence-electron chi connectivity index (χ2n) is 4.29. The molecule has 21 heavy (non-hydrogen) atoms. The lowest BCUT2D eigenvalue weighted by atomic mass is 10.1. The van der Waals surface area contributed by atoms with E-state index in [9.17, 15) is 14.9 Å². The van der Waals surface area contributed by atoms with Gasteiger partial charge >= 0.3 is 5.97 Å². The summed E-state index contributed by atoms with van der Waals surface area (Å²) in [5.41, 5.74) is 0.680. The average molecular weight is 287 g/mol. The van der Waals surface area contributed by atoms with Crippen molar-refractivity contribution in [3.05, 3.63) is 64.0 Å². The number of nitro groups is 1. The Morgan fingerprint density at radius 1 is 1.33 bits per heavy atom. The molecule has 0 fully saturated rings. The molecule has 7 nitrogen and oxygen atoms in total. The minimum absolute atomic E-state index is 0.331. The van der Waals surface area contributed by atoms with Crippen LogP contribution in [-0.4, -0.2) is 27.5 Å². The zero-order valence-electron chi connectivity index (χ0n) is 11.0. The van der Waals surface area contributed by atoms with E-state index in [1.165, 1.54) is 18.2 Å². The number of carbonyl (C=O) groups is 1. The van der Waals surface area contributed by atoms with Crippen molar-refractivity contribution in [3.63, 3.8) is 0 Å². The van der Waals surface area contributed by atoms with Gasteiger partial charge in [-0.2, -0.15) is 0 Å². The first-order valence-corrected chi connectivity index (χ1v) is 6.23. The van der Waals surface area contributed by atoms with Gasteiger partial charge in [0.05, 0.1) is 4.92 Å². The Bertz CT molecular complexity index is 659. The summed E-state index contributed by atoms with van der Waals surface area (Å²) in [6.45, 7) is 0.549. The molecule has 7 heteroatoms. The van der Waals surface area contributed by atoms with Crippen LogP contribution < -0.4 is 5.32 Å². The van der Waals surface area contributed by atoms with Crippen LogP contribution in [0.4, 0.5) is 11.4 Å². The molecular weight excluding hydrogens is 274 g/mol. The minimum atomic E-state index is -1.32. The average Bonchev–Trinajstić information content (AvgIpc) is 2.48. The Balaban J connectivity index is 2.05. The third-order valence-corrected chi connectivity index (χ3v) is 2.86. The Morgan fingerprint density at radius 2 is 2.14 bits per heavy atom. The van der Waals surface area contributed by atoms with Crippen LogP contribution in [0.25, 0.3) is 0 Å². The van der Waals surface area contributed by atoms with Gasteiger partial charge in [0.2, 0.25) is 0 Å². The number of pyridine rings is 1. The van der Waals surface area contributed by atoms with Gasteiger partial charge in [-0.05, 0) is 24.3 Å². The molecule has 0 amide bonds. The van der Waals surface area contributed by atoms with E-state index >= 15 is 0 Å². The van der Waals surface area contributed by atoms with Crippen molar-refractivity contribution in [2.24, 2.45) is 0 Å². The SMILES string of the molecule is O=C(O)c1cc(NCCc2ccccn2)ccc1[N+](=O)[O-]. The standard InChI is InChI=1S/C14H13N3O4/c18-14(19)12-9-11(4-5-13(12)17(20)21)16-8-6-10-3-1-2-7-15-10/h1-5,7,9,16H,6,8H2,(H,18,19). The molecule has 0 saturated carbocycles. The van der Waals surface area contributed by atoms with E-state index in [0.29, 0.717) is 18.7 Å². The molecule has 0 aliphatic carbocycles. The lowest BCUT2D eigenvalue weighted by molar-refractivity contribution is -0.385. The molecule has 1 aromatic carbocycles. The highest BCUT2D eigenvalue weighted by molar-refractivity contribution is 5.93. The number of hydrogen-bond acceptors (Lipinski definition) is 5. The van der Waals surface area contributed by atoms with E-state index in [0.717, 1.165) is 5.69 Å². The number of hydrogen-bond donors (Lipinski definition) is 2. The summed E-state index contributed by atoms with van der Waals surface area (Å²) in [4.78, 5) is 25.2. The van der Waals surface area contributed by atoms with Gasteiger partial charge in [-0.1, -0.05) is 6.07 Å². The first-order chi connectivity index (χ1) is 10.1. The van der Waals surface area contributed by atoms with Gasteiger partial charge in [0.25, 0.3) is 5.69 Å². The summed E-state index contributed by atoms with van der Waals surface area (Å²) < 4.78 is 0. The number of rotatable bonds is 6. The summed E-state index contributed by atoms with van der Waals surface area (Å²) in [5, 5.41) is 22.8. The molecule has 0 atom stereocenters. The molecule has 0 radical (unpaired) electrons. The summed E-state index contributed by atoms with van der Waals surface area (Å²) >= 11 is 0. The van der Waals surface area contributed by atoms with Crippen molar-refractivity contribution < 1.29 is 14.8 Å². The van der Waals surface area contributed by atoms with Crippen molar-refractivity contribution in [1.82, 2.24) is 4.98 Å². The van der Waals surface area contributed by atoms with Crippen molar-refractivity contribution in [2.75, 3.05) is 11.9 Å². The fraction of sp³-hybridized carbons (Fsp3) is 0.143. The Kier molecular flexibility index (Phi) is 4.45. The van der Waals surface area contributed by atoms with Crippen LogP contribution in [0.5, 0.6) is 0 Å². The first kappa shape index (κ1) is 14.4. The summed E-state index contributed by atoms with van der Waals surface area (Å²) in [5.74, 6) is -1.32. The van der Waals surface area contributed by atoms with E-state index in [-0.39, 0.29) is 5.56 Å². The maximum Gasteiger partial charge on any atom is 0.342 e. The fourth-order valence-corrected chi connectivity index (χ4v) is 1.86. The summed E-state index contributed by atoms with van der Waals surface area (Å²) in [6.07, 6.45) is 2.37. The second-order valence-corrected chi connectivity index (χ2v) is 4.29. The van der Waals surface area contributed by atoms with E-state index < -0.39 is 16.6 Å². The van der Waals surface area contributed by atoms with Crippen LogP contribution in [-0.2, 0) is 6.42 Å². The molecule has 0 bridgehead atoms. The highest BCUT2D eigenvalue weighted by atomic mass is 16.6. The molecule has 2 aromatic rings. The number of nitrogens with zero attached hydrogens (tertiary/aromatic N) is 2. The van der Waals surface area contributed by atoms with E-state index in [1.54, 1.807) is 6.20 Å². The molecule has 0 spiro atoms. The molecule has 1 heterocycles. The van der Waals surface area contributed by atoms with Crippen molar-refractivity contribution >= 4 is 17.3 Å². The van der Waals surface area contributed by atoms with Crippen molar-refractivity contribution in [3.8, 4) is 0 Å². The highest BCUT2D eigenvalue weighted by Gasteiger charge is 2.19. The number of carboxylic acids is 1. The molecule has 0 saturated heterocycles. The molecule has 0 unspecified atom stereocenters. The Labute approximate surface area is 120 Å². The zero-order chi connectivity index (χ0) is 15.2. The lowest BCUT2D eigenvalue weighted by Crippen LogP contribution is -2.08. The van der Waals surface area contributed by atoms with Gasteiger partial charge in [0.1, 0.15) is 5.56 Å². The van der Waals surface area contributed by atoms with Crippen LogP contribution in [0.1, 0.15) is 16.1 Å². The number of aromatic carboxylic acids is 1. The van der Waals surface area contributed by atoms with Crippen molar-refractivity contribution in [2.45, 2.75) is 6.42 Å². The number of carboxylic acid groups (broad SMARTS) is 1. The van der Waals surface area contributed by atoms with Crippen LogP contribution in [0, 0.1) is 10.1 Å². The topological polar surface area (TPSA) is 105 Å². The van der Waals surface area contributed by atoms with Crippen molar-refractivity contribution in [1.29, 1.82) is 0 Å². The van der Waals surface area contributed by atoms with Gasteiger partial charge in [-0.3, -0.25) is 15.1 Å². The van der Waals surface area contributed by atoms with Gasteiger partial charge in [0.15, 0.2) is 0 Å². The number of nitrogens with one attached hydrogen (secondary N) is 1. The molecule has 108 valence electrons. The smallest absolute Gasteiger partial charge is 0.342 e. The van der Waals surface area contributed by atoms with Gasteiger partial charge < -0.3 is 10.4 Å². The second kappa shape index (κ2) is 6.47. The third kappa shape index (κ3) is 3.75. The predicted octanol–water partition coefficient (Wildman–Crippen LogP) is 2.34. The van der Waals surface area contributed by atoms with Crippen LogP contribution >= 0.6 is 0 Å². The predicted molar refractivity (Wildman–Crippen MR) is 76.5 cm³/mol. The van der Waals surface area contributed by atoms with Crippen LogP contribution in [0.3, 0.4) is 0 Å². The Morgan fingerprint density at radius 3 is 2.76 bits per heavy atom. The maximum absolute atomic E-state index is 11.0. The molecule has 2 N–H and O–H groups in total. The minimum Gasteiger partial charge on any atom is -0.477 e. The highest BCUT2D eigenvalue weighted by Crippen LogP contribution is 2.22. The van der Waals surface area contributed by atoms with Crippen LogP contribution in [0.15, 0.2) is 42.6 Å². The van der Waals surface area contributed by atoms with E-state index in [4.69, 9.17) is 5.11 Å². The lowest BCUT2D eigenvalue weighted by Gasteiger charge is -2.07. The maximum atomic E-state index is 11.0. The molecule has 1 aromatic heterocycles. The van der Waals surface area contributed by atoms with Gasteiger partial charge in [-0.15, -0.1) is 0 Å². The van der Waals surface area contributed by atoms with E-state index in [1.807, 2.05) is 18.2 Å². The number of aromatic nitrogens is 1. The number of anilines is 1. The first-order valence-electron chi connectivity index (χ1n) is 6.23. The monoisotopic (exact) mass is 287 g/mol. The number of nitro benzene ring substituents is 1. The normalized spacial score (nSPS) is 10.1. The zero-order valence-corrected chi connectivity index (χ0v) is 11.0. The van der Waals surface area contributed by atoms with Crippen LogP contribution in [0.2, 0.25) is 0 Å². The molecule has 2 rings (SSSR count). The fourth-order valence-electron chi connectivity index (χ4n) is 1.86. The van der Waals surface area contributed by atoms with Gasteiger partial charge in [-0.25, -0.2) is 4.79 Å². The van der Waals surface area contributed by atoms with E-state index in [2.05, 4.69) is 10.3 Å². The molecule has 0 aliphatic rings. The molecular formula is C14H13N3O4. The number of benzene rings is 1. The largest absolute Gasteiger partial charge is 0.477 e. The molecule has 0 aliphatic heterocycles.